The van der Waals surface area contributed by atoms with Gasteiger partial charge in [0.2, 0.25) is 5.88 Å². The van der Waals surface area contributed by atoms with Crippen molar-refractivity contribution in [1.82, 2.24) is 9.38 Å². The molecule has 1 aliphatic carbocycles. The number of carbonyl (C=O) groups excluding carboxylic acids is 2. The highest BCUT2D eigenvalue weighted by Crippen LogP contribution is 2.43. The second kappa shape index (κ2) is 10.2. The van der Waals surface area contributed by atoms with Gasteiger partial charge in [0.1, 0.15) is 5.52 Å². The predicted molar refractivity (Wildman–Crippen MR) is 133 cm³/mol. The van der Waals surface area contributed by atoms with E-state index >= 15 is 0 Å². The third-order valence-electron chi connectivity index (χ3n) is 6.84. The average Bonchev–Trinajstić information content (AvgIpc) is 3.38. The van der Waals surface area contributed by atoms with E-state index in [0.717, 1.165) is 36.9 Å². The summed E-state index contributed by atoms with van der Waals surface area (Å²) in [5, 5.41) is 9.14. The number of aliphatic carboxylic acids is 1. The van der Waals surface area contributed by atoms with Crippen molar-refractivity contribution >= 4 is 34.5 Å². The molecule has 1 saturated carbocycles. The van der Waals surface area contributed by atoms with E-state index in [1.165, 1.54) is 16.2 Å². The molecule has 0 saturated heterocycles. The number of fused-ring (bicyclic) bond motifs is 1. The Morgan fingerprint density at radius 1 is 1.23 bits per heavy atom. The highest BCUT2D eigenvalue weighted by Gasteiger charge is 2.33. The molecule has 3 heterocycles. The van der Waals surface area contributed by atoms with Crippen LogP contribution in [0.4, 0.5) is 0 Å². The zero-order valence-electron chi connectivity index (χ0n) is 20.3. The van der Waals surface area contributed by atoms with E-state index in [4.69, 9.17) is 15.6 Å². The van der Waals surface area contributed by atoms with Gasteiger partial charge in [-0.2, -0.15) is 0 Å². The quantitative estimate of drug-likeness (QED) is 0.337. The zero-order valence-corrected chi connectivity index (χ0v) is 21.1. The second-order valence-corrected chi connectivity index (χ2v) is 10.6. The number of carboxylic acids is 1. The molecule has 4 rings (SSSR count). The maximum atomic E-state index is 13.0. The lowest BCUT2D eigenvalue weighted by atomic mass is 9.75. The number of primary amides is 1. The Balaban J connectivity index is 1.88. The summed E-state index contributed by atoms with van der Waals surface area (Å²) in [7, 11) is 0. The number of rotatable bonds is 9. The number of ether oxygens (including phenoxy) is 1. The molecule has 3 aromatic heterocycles. The molecule has 3 aromatic rings. The van der Waals surface area contributed by atoms with Crippen LogP contribution >= 0.6 is 11.3 Å². The fourth-order valence-corrected chi connectivity index (χ4v) is 6.50. The topological polar surface area (TPSA) is 124 Å². The van der Waals surface area contributed by atoms with Crippen LogP contribution in [-0.2, 0) is 22.4 Å². The smallest absolute Gasteiger partial charge is 0.341 e. The van der Waals surface area contributed by atoms with Crippen LogP contribution in [0.3, 0.4) is 0 Å². The molecule has 2 atom stereocenters. The number of Topliss-reactive ketones (excluding diaryl/α,β-unsaturated/α-hetero) is 1. The Morgan fingerprint density at radius 2 is 1.97 bits per heavy atom. The first-order valence-corrected chi connectivity index (χ1v) is 12.8. The minimum absolute atomic E-state index is 0.0204. The number of amides is 1. The van der Waals surface area contributed by atoms with Crippen LogP contribution in [0, 0.1) is 19.8 Å². The normalized spacial score (nSPS) is 18.0. The van der Waals surface area contributed by atoms with E-state index in [0.29, 0.717) is 29.5 Å². The van der Waals surface area contributed by atoms with E-state index in [9.17, 15) is 14.4 Å². The Labute approximate surface area is 208 Å². The number of hydrogen-bond acceptors (Lipinski definition) is 6. The van der Waals surface area contributed by atoms with Gasteiger partial charge < -0.3 is 20.0 Å². The van der Waals surface area contributed by atoms with E-state index < -0.39 is 24.3 Å². The molecule has 0 radical (unpaired) electrons. The third kappa shape index (κ3) is 4.96. The van der Waals surface area contributed by atoms with Crippen molar-refractivity contribution in [3.63, 3.8) is 0 Å². The van der Waals surface area contributed by atoms with E-state index in [2.05, 4.69) is 24.0 Å². The lowest BCUT2D eigenvalue weighted by Crippen LogP contribution is -2.24. The van der Waals surface area contributed by atoms with Crippen LogP contribution in [-0.4, -0.2) is 38.8 Å². The minimum Gasteiger partial charge on any atom is -0.479 e. The summed E-state index contributed by atoms with van der Waals surface area (Å²) in [6.07, 6.45) is 7.59. The van der Waals surface area contributed by atoms with Crippen molar-refractivity contribution in [3.8, 4) is 5.88 Å². The van der Waals surface area contributed by atoms with Crippen LogP contribution in [0.5, 0.6) is 5.88 Å². The monoisotopic (exact) mass is 497 g/mol. The van der Waals surface area contributed by atoms with Gasteiger partial charge in [-0.25, -0.2) is 9.78 Å². The lowest BCUT2D eigenvalue weighted by molar-refractivity contribution is -0.139. The first-order chi connectivity index (χ1) is 16.7. The molecule has 1 amide bonds. The van der Waals surface area contributed by atoms with Gasteiger partial charge in [-0.05, 0) is 69.1 Å². The van der Waals surface area contributed by atoms with Crippen LogP contribution in [0.1, 0.15) is 75.6 Å². The van der Waals surface area contributed by atoms with Crippen LogP contribution in [0.2, 0.25) is 0 Å². The molecule has 1 aliphatic rings. The molecule has 0 aromatic carbocycles. The standard InChI is InChI=1S/C26H31N3O5S/c1-4-17-19(11-16-7-5-6-8-18(16)20-10-9-15(3)35-20)29-12-14(2)28-26(34-13-21(30)31)23(29)22(17)24(32)25(27)33/h9-10,12,16,18H,4-8,11,13H2,1-3H3,(H2,27,33)(H,30,31)/t16?,18-/m0/s1. The fraction of sp³-hybridized carbons (Fsp3) is 0.462. The molecule has 3 N–H and O–H groups in total. The number of carbonyl (C=O) groups is 3. The van der Waals surface area contributed by atoms with Crippen molar-refractivity contribution in [2.24, 2.45) is 11.7 Å². The highest BCUT2D eigenvalue weighted by molar-refractivity contribution is 7.12. The number of carboxylic acid groups (broad SMARTS) is 1. The number of nitrogens with zero attached hydrogens (tertiary/aromatic N) is 2. The predicted octanol–water partition coefficient (Wildman–Crippen LogP) is 4.22. The minimum atomic E-state index is -1.16. The van der Waals surface area contributed by atoms with Crippen molar-refractivity contribution in [2.75, 3.05) is 6.61 Å². The molecule has 1 fully saturated rings. The maximum Gasteiger partial charge on any atom is 0.341 e. The molecular formula is C26H31N3O5S. The molecule has 9 heteroatoms. The number of nitrogens with two attached hydrogens (primary N) is 1. The van der Waals surface area contributed by atoms with Gasteiger partial charge in [-0.3, -0.25) is 9.59 Å². The number of thiophene rings is 1. The van der Waals surface area contributed by atoms with Crippen LogP contribution < -0.4 is 10.5 Å². The second-order valence-electron chi connectivity index (χ2n) is 9.24. The number of hydrogen-bond donors (Lipinski definition) is 2. The van der Waals surface area contributed by atoms with Crippen molar-refractivity contribution in [1.29, 1.82) is 0 Å². The van der Waals surface area contributed by atoms with Gasteiger partial charge in [-0.1, -0.05) is 19.8 Å². The lowest BCUT2D eigenvalue weighted by Gasteiger charge is -2.31. The first kappa shape index (κ1) is 24.9. The number of ketones is 1. The van der Waals surface area contributed by atoms with Gasteiger partial charge in [0.25, 0.3) is 11.7 Å². The summed E-state index contributed by atoms with van der Waals surface area (Å²) in [6, 6.07) is 4.40. The van der Waals surface area contributed by atoms with Crippen LogP contribution in [0.25, 0.3) is 5.52 Å². The summed E-state index contributed by atoms with van der Waals surface area (Å²) in [5.74, 6) is -2.21. The van der Waals surface area contributed by atoms with E-state index in [1.54, 1.807) is 6.92 Å². The zero-order chi connectivity index (χ0) is 25.3. The average molecular weight is 498 g/mol. The van der Waals surface area contributed by atoms with E-state index in [1.807, 2.05) is 28.9 Å². The molecule has 0 bridgehead atoms. The van der Waals surface area contributed by atoms with E-state index in [-0.39, 0.29) is 11.4 Å². The SMILES string of the molecule is CCc1c(C(=O)C(N)=O)c2c(OCC(=O)O)nc(C)cn2c1CC1CCCC[C@@H]1c1ccc(C)s1. The largest absolute Gasteiger partial charge is 0.479 e. The van der Waals surface area contributed by atoms with Crippen molar-refractivity contribution in [3.05, 3.63) is 50.6 Å². The molecule has 1 unspecified atom stereocenters. The van der Waals surface area contributed by atoms with Gasteiger partial charge in [-0.15, -0.1) is 11.3 Å². The van der Waals surface area contributed by atoms with Gasteiger partial charge in [0, 0.05) is 21.6 Å². The Hall–Kier alpha value is -3.20. The van der Waals surface area contributed by atoms with Gasteiger partial charge in [0.05, 0.1) is 11.3 Å². The summed E-state index contributed by atoms with van der Waals surface area (Å²) in [6.45, 7) is 5.24. The Morgan fingerprint density at radius 3 is 2.60 bits per heavy atom. The number of aromatic nitrogens is 2. The Bertz CT molecular complexity index is 1290. The summed E-state index contributed by atoms with van der Waals surface area (Å²) in [4.78, 5) is 43.3. The molecular weight excluding hydrogens is 466 g/mol. The molecule has 0 aliphatic heterocycles. The molecule has 0 spiro atoms. The summed E-state index contributed by atoms with van der Waals surface area (Å²) < 4.78 is 7.37. The summed E-state index contributed by atoms with van der Waals surface area (Å²) >= 11 is 1.84. The van der Waals surface area contributed by atoms with Crippen molar-refractivity contribution in [2.45, 2.75) is 65.2 Å². The number of aryl methyl sites for hydroxylation is 2. The molecule has 35 heavy (non-hydrogen) atoms. The summed E-state index contributed by atoms with van der Waals surface area (Å²) in [5.41, 5.74) is 8.20. The Kier molecular flexibility index (Phi) is 7.25. The fourth-order valence-electron chi connectivity index (χ4n) is 5.40. The highest BCUT2D eigenvalue weighted by atomic mass is 32.1. The first-order valence-electron chi connectivity index (χ1n) is 12.0. The maximum absolute atomic E-state index is 13.0. The van der Waals surface area contributed by atoms with Crippen molar-refractivity contribution < 1.29 is 24.2 Å². The van der Waals surface area contributed by atoms with Gasteiger partial charge >= 0.3 is 5.97 Å². The third-order valence-corrected chi connectivity index (χ3v) is 7.98. The van der Waals surface area contributed by atoms with Gasteiger partial charge in [0.15, 0.2) is 6.61 Å². The van der Waals surface area contributed by atoms with Crippen LogP contribution in [0.15, 0.2) is 18.3 Å². The molecule has 186 valence electrons. The molecule has 8 nitrogen and oxygen atoms in total.